The van der Waals surface area contributed by atoms with Crippen LogP contribution in [-0.2, 0) is 6.54 Å². The summed E-state index contributed by atoms with van der Waals surface area (Å²) in [4.78, 5) is 24.1. The fourth-order valence-corrected chi connectivity index (χ4v) is 2.89. The summed E-state index contributed by atoms with van der Waals surface area (Å²) in [5.74, 6) is -0.163. The van der Waals surface area contributed by atoms with E-state index in [0.717, 1.165) is 27.6 Å². The topological polar surface area (TPSA) is 59.3 Å². The van der Waals surface area contributed by atoms with Crippen molar-refractivity contribution in [1.82, 2.24) is 5.32 Å². The van der Waals surface area contributed by atoms with Gasteiger partial charge in [-0.3, -0.25) is 4.79 Å². The van der Waals surface area contributed by atoms with E-state index >= 15 is 0 Å². The number of benzene rings is 2. The van der Waals surface area contributed by atoms with Crippen LogP contribution < -0.4 is 10.9 Å². The van der Waals surface area contributed by atoms with Crippen molar-refractivity contribution in [2.75, 3.05) is 0 Å². The number of hydrogen-bond acceptors (Lipinski definition) is 3. The first kappa shape index (κ1) is 16.0. The lowest BCUT2D eigenvalue weighted by Gasteiger charge is -2.10. The Balaban J connectivity index is 1.93. The molecule has 1 N–H and O–H groups in total. The molecule has 3 rings (SSSR count). The monoisotopic (exact) mass is 321 g/mol. The molecule has 0 radical (unpaired) electrons. The first-order valence-electron chi connectivity index (χ1n) is 7.83. The van der Waals surface area contributed by atoms with Gasteiger partial charge in [0.05, 0.1) is 0 Å². The Labute approximate surface area is 140 Å². The van der Waals surface area contributed by atoms with Crippen LogP contribution in [0.4, 0.5) is 0 Å². The molecule has 24 heavy (non-hydrogen) atoms. The van der Waals surface area contributed by atoms with Crippen LogP contribution in [0.15, 0.2) is 51.7 Å². The molecule has 4 nitrogen and oxygen atoms in total. The van der Waals surface area contributed by atoms with Crippen molar-refractivity contribution >= 4 is 16.9 Å². The molecule has 0 spiro atoms. The van der Waals surface area contributed by atoms with E-state index in [4.69, 9.17) is 4.42 Å². The number of carbonyl (C=O) groups is 1. The zero-order valence-electron chi connectivity index (χ0n) is 14.0. The fourth-order valence-electron chi connectivity index (χ4n) is 2.89. The van der Waals surface area contributed by atoms with Gasteiger partial charge in [0.1, 0.15) is 5.58 Å². The lowest BCUT2D eigenvalue weighted by Crippen LogP contribution is -2.23. The lowest BCUT2D eigenvalue weighted by atomic mass is 10.0. The van der Waals surface area contributed by atoms with Crippen LogP contribution in [0.1, 0.15) is 32.6 Å². The highest BCUT2D eigenvalue weighted by Crippen LogP contribution is 2.22. The van der Waals surface area contributed by atoms with E-state index in [2.05, 4.69) is 5.32 Å². The molecular formula is C20H19NO3. The maximum atomic E-state index is 12.3. The van der Waals surface area contributed by atoms with Crippen molar-refractivity contribution in [3.05, 3.63) is 80.7 Å². The van der Waals surface area contributed by atoms with E-state index in [0.29, 0.717) is 11.1 Å². The van der Waals surface area contributed by atoms with Crippen molar-refractivity contribution < 1.29 is 9.21 Å². The minimum atomic E-state index is -0.408. The number of hydrogen-bond donors (Lipinski definition) is 1. The van der Waals surface area contributed by atoms with Gasteiger partial charge in [-0.2, -0.15) is 0 Å². The van der Waals surface area contributed by atoms with Gasteiger partial charge in [0.2, 0.25) is 0 Å². The molecular weight excluding hydrogens is 302 g/mol. The van der Waals surface area contributed by atoms with Crippen molar-refractivity contribution in [2.45, 2.75) is 27.3 Å². The molecule has 1 amide bonds. The third kappa shape index (κ3) is 3.23. The average molecular weight is 321 g/mol. The Bertz CT molecular complexity index is 986. The van der Waals surface area contributed by atoms with Crippen LogP contribution in [0.25, 0.3) is 11.0 Å². The van der Waals surface area contributed by atoms with Crippen LogP contribution in [0.5, 0.6) is 0 Å². The minimum Gasteiger partial charge on any atom is -0.422 e. The number of fused-ring (bicyclic) bond motifs is 1. The zero-order chi connectivity index (χ0) is 17.3. The van der Waals surface area contributed by atoms with E-state index in [1.54, 1.807) is 6.07 Å². The second-order valence-corrected chi connectivity index (χ2v) is 6.10. The molecule has 1 heterocycles. The van der Waals surface area contributed by atoms with Crippen molar-refractivity contribution in [2.24, 2.45) is 0 Å². The third-order valence-electron chi connectivity index (χ3n) is 3.98. The first-order valence-corrected chi connectivity index (χ1v) is 7.83. The van der Waals surface area contributed by atoms with Gasteiger partial charge >= 0.3 is 5.63 Å². The molecule has 2 aromatic carbocycles. The van der Waals surface area contributed by atoms with Crippen molar-refractivity contribution in [3.63, 3.8) is 0 Å². The molecule has 0 unspecified atom stereocenters. The number of rotatable bonds is 3. The fraction of sp³-hybridized carbons (Fsp3) is 0.200. The summed E-state index contributed by atoms with van der Waals surface area (Å²) in [7, 11) is 0. The maximum Gasteiger partial charge on any atom is 0.336 e. The first-order chi connectivity index (χ1) is 11.4. The third-order valence-corrected chi connectivity index (χ3v) is 3.98. The summed E-state index contributed by atoms with van der Waals surface area (Å²) in [5.41, 5.74) is 4.56. The minimum absolute atomic E-state index is 0.163. The van der Waals surface area contributed by atoms with E-state index in [1.807, 2.05) is 51.1 Å². The molecule has 0 atom stereocenters. The van der Waals surface area contributed by atoms with Crippen LogP contribution in [-0.4, -0.2) is 5.91 Å². The van der Waals surface area contributed by atoms with E-state index in [9.17, 15) is 9.59 Å². The summed E-state index contributed by atoms with van der Waals surface area (Å²) in [6.07, 6.45) is 0. The van der Waals surface area contributed by atoms with Crippen LogP contribution in [0, 0.1) is 20.8 Å². The molecule has 122 valence electrons. The summed E-state index contributed by atoms with van der Waals surface area (Å²) in [5, 5.41) is 3.74. The summed E-state index contributed by atoms with van der Waals surface area (Å²) in [6.45, 7) is 6.12. The van der Waals surface area contributed by atoms with Gasteiger partial charge in [-0.1, -0.05) is 23.8 Å². The summed E-state index contributed by atoms with van der Waals surface area (Å²) in [6, 6.07) is 12.8. The summed E-state index contributed by atoms with van der Waals surface area (Å²) >= 11 is 0. The number of carbonyl (C=O) groups excluding carboxylic acids is 1. The second-order valence-electron chi connectivity index (χ2n) is 6.10. The van der Waals surface area contributed by atoms with Gasteiger partial charge in [-0.15, -0.1) is 0 Å². The van der Waals surface area contributed by atoms with E-state index in [1.165, 1.54) is 6.07 Å². The van der Waals surface area contributed by atoms with Crippen molar-refractivity contribution in [1.29, 1.82) is 0 Å². The van der Waals surface area contributed by atoms with Gasteiger partial charge in [-0.05, 0) is 55.7 Å². The quantitative estimate of drug-likeness (QED) is 0.749. The standard InChI is InChI=1S/C20H19NO3/c1-12-5-4-6-15(8-12)20(23)21-11-16-10-18(22)24-19-14(3)7-13(2)9-17(16)19/h4-10H,11H2,1-3H3,(H,21,23). The van der Waals surface area contributed by atoms with E-state index < -0.39 is 5.63 Å². The van der Waals surface area contributed by atoms with Crippen LogP contribution in [0.3, 0.4) is 0 Å². The highest BCUT2D eigenvalue weighted by atomic mass is 16.4. The Kier molecular flexibility index (Phi) is 4.21. The van der Waals surface area contributed by atoms with Gasteiger partial charge in [0, 0.05) is 23.6 Å². The SMILES string of the molecule is Cc1cccc(C(=O)NCc2cc(=O)oc3c(C)cc(C)cc23)c1. The molecule has 0 aliphatic carbocycles. The summed E-state index contributed by atoms with van der Waals surface area (Å²) < 4.78 is 5.33. The van der Waals surface area contributed by atoms with Crippen LogP contribution in [0.2, 0.25) is 0 Å². The highest BCUT2D eigenvalue weighted by Gasteiger charge is 2.11. The van der Waals surface area contributed by atoms with Gasteiger partial charge < -0.3 is 9.73 Å². The van der Waals surface area contributed by atoms with Gasteiger partial charge in [0.25, 0.3) is 5.91 Å². The van der Waals surface area contributed by atoms with Gasteiger partial charge in [0.15, 0.2) is 0 Å². The molecule has 0 saturated heterocycles. The molecule has 4 heteroatoms. The molecule has 0 saturated carbocycles. The molecule has 0 bridgehead atoms. The van der Waals surface area contributed by atoms with Gasteiger partial charge in [-0.25, -0.2) is 4.79 Å². The number of aryl methyl sites for hydroxylation is 3. The lowest BCUT2D eigenvalue weighted by molar-refractivity contribution is 0.0951. The average Bonchev–Trinajstić information content (AvgIpc) is 2.53. The predicted octanol–water partition coefficient (Wildman–Crippen LogP) is 3.65. The molecule has 0 fully saturated rings. The molecule has 0 aliphatic heterocycles. The molecule has 1 aromatic heterocycles. The predicted molar refractivity (Wildman–Crippen MR) is 94.3 cm³/mol. The van der Waals surface area contributed by atoms with E-state index in [-0.39, 0.29) is 12.5 Å². The number of nitrogens with one attached hydrogen (secondary N) is 1. The van der Waals surface area contributed by atoms with Crippen molar-refractivity contribution in [3.8, 4) is 0 Å². The number of amides is 1. The Hall–Kier alpha value is -2.88. The Morgan fingerprint density at radius 1 is 1.04 bits per heavy atom. The maximum absolute atomic E-state index is 12.3. The normalized spacial score (nSPS) is 10.8. The Morgan fingerprint density at radius 2 is 1.83 bits per heavy atom. The smallest absolute Gasteiger partial charge is 0.336 e. The van der Waals surface area contributed by atoms with Crippen LogP contribution >= 0.6 is 0 Å². The molecule has 3 aromatic rings. The Morgan fingerprint density at radius 3 is 2.58 bits per heavy atom. The highest BCUT2D eigenvalue weighted by molar-refractivity contribution is 5.94. The second kappa shape index (κ2) is 6.32. The molecule has 0 aliphatic rings. The largest absolute Gasteiger partial charge is 0.422 e. The zero-order valence-corrected chi connectivity index (χ0v) is 14.0.